The van der Waals surface area contributed by atoms with Gasteiger partial charge in [-0.2, -0.15) is 0 Å². The number of hydrogen-bond donors (Lipinski definition) is 1. The normalized spacial score (nSPS) is 10.6. The Hall–Kier alpha value is -1.33. The lowest BCUT2D eigenvalue weighted by atomic mass is 10.2. The van der Waals surface area contributed by atoms with Gasteiger partial charge < -0.3 is 10.6 Å². The van der Waals surface area contributed by atoms with Crippen molar-refractivity contribution < 1.29 is 4.79 Å². The van der Waals surface area contributed by atoms with Crippen LogP contribution in [0.15, 0.2) is 34.1 Å². The molecule has 0 radical (unpaired) electrons. The van der Waals surface area contributed by atoms with Gasteiger partial charge in [-0.15, -0.1) is 11.3 Å². The molecule has 5 heteroatoms. The molecule has 1 amide bonds. The summed E-state index contributed by atoms with van der Waals surface area (Å²) in [6.07, 6.45) is 0.937. The molecule has 1 aromatic carbocycles. The van der Waals surface area contributed by atoms with Gasteiger partial charge >= 0.3 is 0 Å². The standard InChI is InChI=1S/C16H19BrN2OS/c1-3-8-19(10-12-4-6-13(18)7-5-12)16(20)14-9-11(2)15(17)21-14/h4-7,9H,3,8,10,18H2,1-2H3. The zero-order valence-corrected chi connectivity index (χ0v) is 14.6. The number of rotatable bonds is 5. The Kier molecular flexibility index (Phi) is 5.42. The highest BCUT2D eigenvalue weighted by atomic mass is 79.9. The second kappa shape index (κ2) is 7.09. The van der Waals surface area contributed by atoms with Crippen molar-refractivity contribution in [2.24, 2.45) is 0 Å². The molecule has 3 nitrogen and oxygen atoms in total. The monoisotopic (exact) mass is 366 g/mol. The number of nitrogens with two attached hydrogens (primary N) is 1. The number of hydrogen-bond acceptors (Lipinski definition) is 3. The Bertz CT molecular complexity index is 602. The van der Waals surface area contributed by atoms with Crippen LogP contribution in [-0.4, -0.2) is 17.4 Å². The minimum Gasteiger partial charge on any atom is -0.399 e. The fourth-order valence-corrected chi connectivity index (χ4v) is 3.59. The van der Waals surface area contributed by atoms with E-state index in [4.69, 9.17) is 5.73 Å². The summed E-state index contributed by atoms with van der Waals surface area (Å²) in [6, 6.07) is 9.63. The second-order valence-electron chi connectivity index (χ2n) is 5.04. The molecule has 0 atom stereocenters. The molecule has 1 heterocycles. The minimum absolute atomic E-state index is 0.0903. The van der Waals surface area contributed by atoms with Crippen LogP contribution in [0.3, 0.4) is 0 Å². The first kappa shape index (κ1) is 16.0. The predicted molar refractivity (Wildman–Crippen MR) is 92.6 cm³/mol. The van der Waals surface area contributed by atoms with E-state index in [1.807, 2.05) is 42.2 Å². The molecule has 0 saturated heterocycles. The van der Waals surface area contributed by atoms with E-state index in [-0.39, 0.29) is 5.91 Å². The van der Waals surface area contributed by atoms with Gasteiger partial charge in [0.15, 0.2) is 0 Å². The Balaban J connectivity index is 2.17. The molecule has 0 aliphatic rings. The van der Waals surface area contributed by atoms with Gasteiger partial charge in [0.25, 0.3) is 5.91 Å². The third-order valence-corrected chi connectivity index (χ3v) is 5.33. The number of nitrogens with zero attached hydrogens (tertiary/aromatic N) is 1. The molecule has 2 rings (SSSR count). The van der Waals surface area contributed by atoms with Gasteiger partial charge in [-0.3, -0.25) is 4.79 Å². The molecule has 112 valence electrons. The maximum atomic E-state index is 12.7. The first-order chi connectivity index (χ1) is 10.0. The molecule has 0 saturated carbocycles. The summed E-state index contributed by atoms with van der Waals surface area (Å²) in [5.41, 5.74) is 8.64. The Morgan fingerprint density at radius 2 is 2.00 bits per heavy atom. The van der Waals surface area contributed by atoms with Crippen LogP contribution in [0.25, 0.3) is 0 Å². The minimum atomic E-state index is 0.0903. The molecule has 1 aromatic heterocycles. The Labute approximate surface area is 137 Å². The number of carbonyl (C=O) groups is 1. The van der Waals surface area contributed by atoms with Crippen LogP contribution in [0, 0.1) is 6.92 Å². The molecule has 0 spiro atoms. The molecule has 0 fully saturated rings. The quantitative estimate of drug-likeness (QED) is 0.794. The van der Waals surface area contributed by atoms with Gasteiger partial charge in [-0.25, -0.2) is 0 Å². The van der Waals surface area contributed by atoms with Crippen molar-refractivity contribution in [1.82, 2.24) is 4.90 Å². The van der Waals surface area contributed by atoms with E-state index in [1.165, 1.54) is 11.3 Å². The average molecular weight is 367 g/mol. The van der Waals surface area contributed by atoms with E-state index in [1.54, 1.807) is 0 Å². The summed E-state index contributed by atoms with van der Waals surface area (Å²) in [6.45, 7) is 5.44. The number of anilines is 1. The van der Waals surface area contributed by atoms with Crippen LogP contribution in [0.1, 0.15) is 34.1 Å². The maximum absolute atomic E-state index is 12.7. The Morgan fingerprint density at radius 1 is 1.33 bits per heavy atom. The summed E-state index contributed by atoms with van der Waals surface area (Å²) >= 11 is 4.98. The first-order valence-corrected chi connectivity index (χ1v) is 8.51. The van der Waals surface area contributed by atoms with Crippen molar-refractivity contribution >= 4 is 38.9 Å². The highest BCUT2D eigenvalue weighted by molar-refractivity contribution is 9.11. The average Bonchev–Trinajstić information content (AvgIpc) is 2.80. The largest absolute Gasteiger partial charge is 0.399 e. The maximum Gasteiger partial charge on any atom is 0.264 e. The molecule has 2 aromatic rings. The van der Waals surface area contributed by atoms with Crippen LogP contribution >= 0.6 is 27.3 Å². The third-order valence-electron chi connectivity index (χ3n) is 3.20. The molecule has 0 bridgehead atoms. The zero-order valence-electron chi connectivity index (χ0n) is 12.2. The van der Waals surface area contributed by atoms with E-state index in [9.17, 15) is 4.79 Å². The van der Waals surface area contributed by atoms with Gasteiger partial charge in [0, 0.05) is 18.8 Å². The van der Waals surface area contributed by atoms with Crippen molar-refractivity contribution in [2.75, 3.05) is 12.3 Å². The smallest absolute Gasteiger partial charge is 0.264 e. The number of carbonyl (C=O) groups excluding carboxylic acids is 1. The van der Waals surface area contributed by atoms with Gasteiger partial charge in [0.05, 0.1) is 8.66 Å². The van der Waals surface area contributed by atoms with E-state index in [2.05, 4.69) is 22.9 Å². The molecular formula is C16H19BrN2OS. The van der Waals surface area contributed by atoms with Crippen molar-refractivity contribution in [3.63, 3.8) is 0 Å². The van der Waals surface area contributed by atoms with Crippen LogP contribution < -0.4 is 5.73 Å². The summed E-state index contributed by atoms with van der Waals surface area (Å²) < 4.78 is 1.02. The van der Waals surface area contributed by atoms with Gasteiger partial charge in [0.1, 0.15) is 0 Å². The number of aryl methyl sites for hydroxylation is 1. The van der Waals surface area contributed by atoms with Crippen LogP contribution in [0.5, 0.6) is 0 Å². The van der Waals surface area contributed by atoms with Gasteiger partial charge in [-0.05, 0) is 58.6 Å². The molecule has 0 aliphatic carbocycles. The first-order valence-electron chi connectivity index (χ1n) is 6.91. The van der Waals surface area contributed by atoms with Crippen molar-refractivity contribution in [3.8, 4) is 0 Å². The Morgan fingerprint density at radius 3 is 2.52 bits per heavy atom. The summed E-state index contributed by atoms with van der Waals surface area (Å²) in [7, 11) is 0. The number of halogens is 1. The summed E-state index contributed by atoms with van der Waals surface area (Å²) in [5, 5.41) is 0. The second-order valence-corrected chi connectivity index (χ2v) is 7.41. The van der Waals surface area contributed by atoms with E-state index in [0.29, 0.717) is 6.54 Å². The number of benzene rings is 1. The molecular weight excluding hydrogens is 348 g/mol. The van der Waals surface area contributed by atoms with Crippen molar-refractivity contribution in [1.29, 1.82) is 0 Å². The van der Waals surface area contributed by atoms with Crippen LogP contribution in [-0.2, 0) is 6.54 Å². The molecule has 21 heavy (non-hydrogen) atoms. The molecule has 2 N–H and O–H groups in total. The number of thiophene rings is 1. The van der Waals surface area contributed by atoms with Crippen LogP contribution in [0.2, 0.25) is 0 Å². The van der Waals surface area contributed by atoms with Gasteiger partial charge in [-0.1, -0.05) is 19.1 Å². The fourth-order valence-electron chi connectivity index (χ4n) is 2.09. The predicted octanol–water partition coefficient (Wildman–Crippen LogP) is 4.45. The topological polar surface area (TPSA) is 46.3 Å². The van der Waals surface area contributed by atoms with Crippen molar-refractivity contribution in [3.05, 3.63) is 50.1 Å². The SMILES string of the molecule is CCCN(Cc1ccc(N)cc1)C(=O)c1cc(C)c(Br)s1. The third kappa shape index (κ3) is 4.08. The number of nitrogen functional groups attached to an aromatic ring is 1. The lowest BCUT2D eigenvalue weighted by Crippen LogP contribution is -2.30. The highest BCUT2D eigenvalue weighted by Crippen LogP contribution is 2.28. The van der Waals surface area contributed by atoms with E-state index in [0.717, 1.165) is 38.4 Å². The van der Waals surface area contributed by atoms with E-state index < -0.39 is 0 Å². The fraction of sp³-hybridized carbons (Fsp3) is 0.312. The number of amides is 1. The molecule has 0 unspecified atom stereocenters. The highest BCUT2D eigenvalue weighted by Gasteiger charge is 2.18. The van der Waals surface area contributed by atoms with Crippen molar-refractivity contribution in [2.45, 2.75) is 26.8 Å². The lowest BCUT2D eigenvalue weighted by molar-refractivity contribution is 0.0748. The van der Waals surface area contributed by atoms with Gasteiger partial charge in [0.2, 0.25) is 0 Å². The van der Waals surface area contributed by atoms with E-state index >= 15 is 0 Å². The zero-order chi connectivity index (χ0) is 15.4. The molecule has 0 aliphatic heterocycles. The summed E-state index contributed by atoms with van der Waals surface area (Å²) in [4.78, 5) is 15.3. The van der Waals surface area contributed by atoms with Crippen LogP contribution in [0.4, 0.5) is 5.69 Å². The lowest BCUT2D eigenvalue weighted by Gasteiger charge is -2.21. The summed E-state index contributed by atoms with van der Waals surface area (Å²) in [5.74, 6) is 0.0903.